The number of sulfonamides is 1. The Kier molecular flexibility index (Phi) is 4.23. The minimum absolute atomic E-state index is 0.00408. The van der Waals surface area contributed by atoms with Gasteiger partial charge in [-0.05, 0) is 24.8 Å². The zero-order valence-electron chi connectivity index (χ0n) is 10.8. The molecular weight excluding hydrogens is 280 g/mol. The van der Waals surface area contributed by atoms with E-state index in [0.29, 0.717) is 11.5 Å². The molecule has 0 spiro atoms. The van der Waals surface area contributed by atoms with Gasteiger partial charge in [0.1, 0.15) is 4.99 Å². The summed E-state index contributed by atoms with van der Waals surface area (Å²) >= 11 is 4.91. The SMILES string of the molecule is CC1CCCC1NS(=O)(=O)c1ccccc1C(N)=S. The second kappa shape index (κ2) is 5.56. The Bertz CT molecular complexity index is 584. The zero-order valence-corrected chi connectivity index (χ0v) is 12.4. The Morgan fingerprint density at radius 3 is 2.63 bits per heavy atom. The monoisotopic (exact) mass is 298 g/mol. The lowest BCUT2D eigenvalue weighted by Gasteiger charge is -2.18. The van der Waals surface area contributed by atoms with E-state index in [4.69, 9.17) is 18.0 Å². The molecule has 0 radical (unpaired) electrons. The summed E-state index contributed by atoms with van der Waals surface area (Å²) in [6.45, 7) is 2.07. The van der Waals surface area contributed by atoms with Crippen LogP contribution in [0.3, 0.4) is 0 Å². The maximum Gasteiger partial charge on any atom is 0.241 e. The predicted molar refractivity (Wildman–Crippen MR) is 79.5 cm³/mol. The number of thiocarbonyl (C=S) groups is 1. The molecule has 0 saturated heterocycles. The third-order valence-corrected chi connectivity index (χ3v) is 5.38. The lowest BCUT2D eigenvalue weighted by molar-refractivity contribution is 0.476. The molecule has 19 heavy (non-hydrogen) atoms. The van der Waals surface area contributed by atoms with E-state index in [0.717, 1.165) is 19.3 Å². The summed E-state index contributed by atoms with van der Waals surface area (Å²) < 4.78 is 27.6. The summed E-state index contributed by atoms with van der Waals surface area (Å²) in [5.74, 6) is 0.367. The first kappa shape index (κ1) is 14.4. The largest absolute Gasteiger partial charge is 0.389 e. The fourth-order valence-corrected chi connectivity index (χ4v) is 4.33. The maximum atomic E-state index is 12.4. The van der Waals surface area contributed by atoms with Gasteiger partial charge < -0.3 is 5.73 Å². The van der Waals surface area contributed by atoms with Crippen molar-refractivity contribution in [2.24, 2.45) is 11.7 Å². The first-order valence-corrected chi connectivity index (χ1v) is 8.22. The van der Waals surface area contributed by atoms with Crippen LogP contribution in [0, 0.1) is 5.92 Å². The van der Waals surface area contributed by atoms with Gasteiger partial charge in [0.15, 0.2) is 0 Å². The molecule has 2 atom stereocenters. The first-order valence-electron chi connectivity index (χ1n) is 6.33. The smallest absolute Gasteiger partial charge is 0.241 e. The molecule has 2 rings (SSSR count). The van der Waals surface area contributed by atoms with Gasteiger partial charge in [0.05, 0.1) is 4.90 Å². The minimum atomic E-state index is -3.57. The Labute approximate surface area is 119 Å². The summed E-state index contributed by atoms with van der Waals surface area (Å²) in [7, 11) is -3.57. The maximum absolute atomic E-state index is 12.4. The molecule has 4 nitrogen and oxygen atoms in total. The number of hydrogen-bond acceptors (Lipinski definition) is 3. The number of rotatable bonds is 4. The van der Waals surface area contributed by atoms with Crippen LogP contribution in [0.15, 0.2) is 29.2 Å². The van der Waals surface area contributed by atoms with Crippen LogP contribution in [0.4, 0.5) is 0 Å². The normalized spacial score (nSPS) is 23.4. The molecule has 0 bridgehead atoms. The third kappa shape index (κ3) is 3.13. The zero-order chi connectivity index (χ0) is 14.0. The predicted octanol–water partition coefficient (Wildman–Crippen LogP) is 1.79. The number of hydrogen-bond donors (Lipinski definition) is 2. The van der Waals surface area contributed by atoms with E-state index in [-0.39, 0.29) is 15.9 Å². The molecule has 0 aliphatic heterocycles. The molecule has 1 aliphatic rings. The third-order valence-electron chi connectivity index (χ3n) is 3.61. The summed E-state index contributed by atoms with van der Waals surface area (Å²) in [6, 6.07) is 6.58. The molecule has 3 N–H and O–H groups in total. The highest BCUT2D eigenvalue weighted by atomic mass is 32.2. The van der Waals surface area contributed by atoms with Gasteiger partial charge in [0, 0.05) is 11.6 Å². The Hall–Kier alpha value is -0.980. The van der Waals surface area contributed by atoms with Crippen LogP contribution in [-0.2, 0) is 10.0 Å². The van der Waals surface area contributed by atoms with Gasteiger partial charge in [0.25, 0.3) is 0 Å². The topological polar surface area (TPSA) is 72.2 Å². The fourth-order valence-electron chi connectivity index (χ4n) is 2.49. The summed E-state index contributed by atoms with van der Waals surface area (Å²) in [4.78, 5) is 0.266. The van der Waals surface area contributed by atoms with Crippen molar-refractivity contribution in [3.8, 4) is 0 Å². The van der Waals surface area contributed by atoms with E-state index in [2.05, 4.69) is 11.6 Å². The average Bonchev–Trinajstić information content (AvgIpc) is 2.74. The molecule has 6 heteroatoms. The van der Waals surface area contributed by atoms with E-state index in [9.17, 15) is 8.42 Å². The van der Waals surface area contributed by atoms with E-state index < -0.39 is 10.0 Å². The molecule has 1 aliphatic carbocycles. The molecule has 0 amide bonds. The molecule has 104 valence electrons. The van der Waals surface area contributed by atoms with Gasteiger partial charge in [-0.3, -0.25) is 0 Å². The second-order valence-electron chi connectivity index (χ2n) is 5.00. The lowest BCUT2D eigenvalue weighted by atomic mass is 10.1. The highest BCUT2D eigenvalue weighted by Gasteiger charge is 2.29. The Morgan fingerprint density at radius 1 is 1.37 bits per heavy atom. The lowest BCUT2D eigenvalue weighted by Crippen LogP contribution is -2.37. The van der Waals surface area contributed by atoms with Crippen molar-refractivity contribution in [2.75, 3.05) is 0 Å². The number of nitrogens with one attached hydrogen (secondary N) is 1. The van der Waals surface area contributed by atoms with Crippen LogP contribution < -0.4 is 10.5 Å². The van der Waals surface area contributed by atoms with Crippen LogP contribution in [0.2, 0.25) is 0 Å². The Morgan fingerprint density at radius 2 is 2.05 bits per heavy atom. The molecule has 1 saturated carbocycles. The summed E-state index contributed by atoms with van der Waals surface area (Å²) in [6.07, 6.45) is 3.01. The van der Waals surface area contributed by atoms with Crippen LogP contribution >= 0.6 is 12.2 Å². The molecule has 1 fully saturated rings. The van der Waals surface area contributed by atoms with Crippen molar-refractivity contribution in [3.05, 3.63) is 29.8 Å². The van der Waals surface area contributed by atoms with E-state index in [1.807, 2.05) is 0 Å². The van der Waals surface area contributed by atoms with Crippen molar-refractivity contribution in [3.63, 3.8) is 0 Å². The molecule has 1 aromatic carbocycles. The summed E-state index contributed by atoms with van der Waals surface area (Å²) in [5.41, 5.74) is 5.98. The van der Waals surface area contributed by atoms with Crippen molar-refractivity contribution < 1.29 is 8.42 Å². The van der Waals surface area contributed by atoms with Crippen molar-refractivity contribution >= 4 is 27.2 Å². The summed E-state index contributed by atoms with van der Waals surface area (Å²) in [5, 5.41) is 0. The van der Waals surface area contributed by atoms with Crippen molar-refractivity contribution in [2.45, 2.75) is 37.1 Å². The van der Waals surface area contributed by atoms with E-state index >= 15 is 0 Å². The number of benzene rings is 1. The highest BCUT2D eigenvalue weighted by Crippen LogP contribution is 2.27. The molecule has 1 aromatic rings. The van der Waals surface area contributed by atoms with Crippen LogP contribution in [0.5, 0.6) is 0 Å². The fraction of sp³-hybridized carbons (Fsp3) is 0.462. The molecule has 2 unspecified atom stereocenters. The standard InChI is InChI=1S/C13H18N2O2S2/c1-9-5-4-7-11(9)15-19(16,17)12-8-3-2-6-10(12)13(14)18/h2-3,6,8-9,11,15H,4-5,7H2,1H3,(H2,14,18). The molecule has 0 heterocycles. The van der Waals surface area contributed by atoms with Crippen molar-refractivity contribution in [1.82, 2.24) is 4.72 Å². The average molecular weight is 298 g/mol. The van der Waals surface area contributed by atoms with Gasteiger partial charge in [-0.1, -0.05) is 43.8 Å². The van der Waals surface area contributed by atoms with E-state index in [1.54, 1.807) is 18.2 Å². The van der Waals surface area contributed by atoms with Gasteiger partial charge in [0.2, 0.25) is 10.0 Å². The van der Waals surface area contributed by atoms with Crippen molar-refractivity contribution in [1.29, 1.82) is 0 Å². The second-order valence-corrected chi connectivity index (χ2v) is 7.12. The quantitative estimate of drug-likeness (QED) is 0.831. The molecule has 0 aromatic heterocycles. The van der Waals surface area contributed by atoms with E-state index in [1.165, 1.54) is 6.07 Å². The first-order chi connectivity index (χ1) is 8.92. The Balaban J connectivity index is 2.32. The molecular formula is C13H18N2O2S2. The minimum Gasteiger partial charge on any atom is -0.389 e. The van der Waals surface area contributed by atoms with Gasteiger partial charge in [-0.2, -0.15) is 0 Å². The van der Waals surface area contributed by atoms with Gasteiger partial charge in [-0.15, -0.1) is 0 Å². The van der Waals surface area contributed by atoms with Crippen LogP contribution in [-0.4, -0.2) is 19.4 Å². The van der Waals surface area contributed by atoms with Crippen LogP contribution in [0.1, 0.15) is 31.7 Å². The van der Waals surface area contributed by atoms with Gasteiger partial charge >= 0.3 is 0 Å². The number of nitrogens with two attached hydrogens (primary N) is 1. The van der Waals surface area contributed by atoms with Gasteiger partial charge in [-0.25, -0.2) is 13.1 Å². The highest BCUT2D eigenvalue weighted by molar-refractivity contribution is 7.89. The van der Waals surface area contributed by atoms with Crippen LogP contribution in [0.25, 0.3) is 0 Å².